The number of hydrogen-bond donors (Lipinski definition) is 2. The van der Waals surface area contributed by atoms with Gasteiger partial charge in [0.1, 0.15) is 0 Å². The molecule has 28 heavy (non-hydrogen) atoms. The summed E-state index contributed by atoms with van der Waals surface area (Å²) in [5.41, 5.74) is 7.04. The molecular weight excluding hydrogens is 354 g/mol. The van der Waals surface area contributed by atoms with Gasteiger partial charge in [-0.3, -0.25) is 14.4 Å². The molecule has 0 saturated carbocycles. The van der Waals surface area contributed by atoms with Crippen molar-refractivity contribution in [3.8, 4) is 0 Å². The Hall–Kier alpha value is -3.15. The SMILES string of the molecule is CCCN(CCC)C(=O)c1cc(C(N)=O)cc(C(=O)NCc2ccccc2)c1. The number of benzene rings is 2. The third kappa shape index (κ3) is 5.67. The third-order valence-corrected chi connectivity index (χ3v) is 4.30. The van der Waals surface area contributed by atoms with Crippen LogP contribution in [0, 0.1) is 0 Å². The van der Waals surface area contributed by atoms with Crippen molar-refractivity contribution in [3.63, 3.8) is 0 Å². The van der Waals surface area contributed by atoms with E-state index in [0.717, 1.165) is 18.4 Å². The second-order valence-electron chi connectivity index (χ2n) is 6.62. The van der Waals surface area contributed by atoms with Crippen molar-refractivity contribution in [3.05, 3.63) is 70.8 Å². The minimum atomic E-state index is -0.677. The topological polar surface area (TPSA) is 92.5 Å². The molecule has 0 aliphatic heterocycles. The van der Waals surface area contributed by atoms with Crippen LogP contribution in [0.15, 0.2) is 48.5 Å². The Morgan fingerprint density at radius 3 is 2.04 bits per heavy atom. The second kappa shape index (κ2) is 10.3. The molecule has 3 amide bonds. The number of hydrogen-bond acceptors (Lipinski definition) is 3. The number of nitrogens with two attached hydrogens (primary N) is 1. The van der Waals surface area contributed by atoms with Gasteiger partial charge >= 0.3 is 0 Å². The second-order valence-corrected chi connectivity index (χ2v) is 6.62. The first-order valence-electron chi connectivity index (χ1n) is 9.52. The Morgan fingerprint density at radius 1 is 0.893 bits per heavy atom. The number of carbonyl (C=O) groups is 3. The van der Waals surface area contributed by atoms with E-state index >= 15 is 0 Å². The van der Waals surface area contributed by atoms with Crippen LogP contribution in [0.5, 0.6) is 0 Å². The van der Waals surface area contributed by atoms with Gasteiger partial charge in [0, 0.05) is 36.3 Å². The summed E-state index contributed by atoms with van der Waals surface area (Å²) < 4.78 is 0. The first kappa shape index (κ1) is 21.2. The largest absolute Gasteiger partial charge is 0.366 e. The minimum absolute atomic E-state index is 0.142. The zero-order valence-corrected chi connectivity index (χ0v) is 16.4. The highest BCUT2D eigenvalue weighted by Crippen LogP contribution is 2.14. The number of primary amides is 1. The van der Waals surface area contributed by atoms with Crippen molar-refractivity contribution < 1.29 is 14.4 Å². The van der Waals surface area contributed by atoms with Crippen LogP contribution in [0.3, 0.4) is 0 Å². The summed E-state index contributed by atoms with van der Waals surface area (Å²) in [6, 6.07) is 13.9. The molecule has 0 aromatic heterocycles. The molecule has 3 N–H and O–H groups in total. The van der Waals surface area contributed by atoms with Crippen LogP contribution < -0.4 is 11.1 Å². The molecule has 0 spiro atoms. The van der Waals surface area contributed by atoms with Crippen LogP contribution in [-0.4, -0.2) is 35.7 Å². The van der Waals surface area contributed by atoms with Gasteiger partial charge in [-0.25, -0.2) is 0 Å². The maximum atomic E-state index is 12.9. The van der Waals surface area contributed by atoms with Gasteiger partial charge in [-0.2, -0.15) is 0 Å². The van der Waals surface area contributed by atoms with E-state index in [2.05, 4.69) is 5.32 Å². The van der Waals surface area contributed by atoms with E-state index in [1.807, 2.05) is 44.2 Å². The highest BCUT2D eigenvalue weighted by atomic mass is 16.2. The summed E-state index contributed by atoms with van der Waals surface area (Å²) in [6.07, 6.45) is 1.65. The molecule has 6 nitrogen and oxygen atoms in total. The molecule has 0 radical (unpaired) electrons. The highest BCUT2D eigenvalue weighted by molar-refractivity contribution is 6.04. The fourth-order valence-corrected chi connectivity index (χ4v) is 2.94. The number of nitrogens with one attached hydrogen (secondary N) is 1. The lowest BCUT2D eigenvalue weighted by molar-refractivity contribution is 0.0755. The lowest BCUT2D eigenvalue weighted by atomic mass is 10.0. The summed E-state index contributed by atoms with van der Waals surface area (Å²) in [5, 5.41) is 2.81. The lowest BCUT2D eigenvalue weighted by Crippen LogP contribution is -2.33. The Kier molecular flexibility index (Phi) is 7.75. The number of nitrogens with zero attached hydrogens (tertiary/aromatic N) is 1. The number of rotatable bonds is 9. The summed E-state index contributed by atoms with van der Waals surface area (Å²) in [6.45, 7) is 5.57. The lowest BCUT2D eigenvalue weighted by Gasteiger charge is -2.22. The smallest absolute Gasteiger partial charge is 0.253 e. The van der Waals surface area contributed by atoms with E-state index in [0.29, 0.717) is 25.2 Å². The fourth-order valence-electron chi connectivity index (χ4n) is 2.94. The van der Waals surface area contributed by atoms with Crippen molar-refractivity contribution in [1.29, 1.82) is 0 Å². The average Bonchev–Trinajstić information content (AvgIpc) is 2.71. The van der Waals surface area contributed by atoms with Crippen LogP contribution in [-0.2, 0) is 6.54 Å². The predicted molar refractivity (Wildman–Crippen MR) is 109 cm³/mol. The Labute approximate surface area is 165 Å². The molecule has 6 heteroatoms. The first-order valence-corrected chi connectivity index (χ1v) is 9.52. The van der Waals surface area contributed by atoms with Crippen molar-refractivity contribution >= 4 is 17.7 Å². The molecule has 0 bridgehead atoms. The maximum Gasteiger partial charge on any atom is 0.253 e. The van der Waals surface area contributed by atoms with E-state index < -0.39 is 5.91 Å². The van der Waals surface area contributed by atoms with Crippen molar-refractivity contribution in [2.24, 2.45) is 5.73 Å². The average molecular weight is 381 g/mol. The predicted octanol–water partition coefficient (Wildman–Crippen LogP) is 2.98. The zero-order valence-electron chi connectivity index (χ0n) is 16.4. The normalized spacial score (nSPS) is 10.4. The van der Waals surface area contributed by atoms with E-state index in [-0.39, 0.29) is 22.9 Å². The standard InChI is InChI=1S/C22H27N3O3/c1-3-10-25(11-4-2)22(28)19-13-17(20(23)26)12-18(14-19)21(27)24-15-16-8-6-5-7-9-16/h5-9,12-14H,3-4,10-11,15H2,1-2H3,(H2,23,26)(H,24,27). The van der Waals surface area contributed by atoms with E-state index in [1.54, 1.807) is 4.90 Å². The third-order valence-electron chi connectivity index (χ3n) is 4.30. The van der Waals surface area contributed by atoms with Gasteiger partial charge in [-0.15, -0.1) is 0 Å². The first-order chi connectivity index (χ1) is 13.5. The van der Waals surface area contributed by atoms with Gasteiger partial charge < -0.3 is 16.0 Å². The van der Waals surface area contributed by atoms with E-state index in [1.165, 1.54) is 18.2 Å². The van der Waals surface area contributed by atoms with Gasteiger partial charge in [0.15, 0.2) is 0 Å². The minimum Gasteiger partial charge on any atom is -0.366 e. The quantitative estimate of drug-likeness (QED) is 0.699. The van der Waals surface area contributed by atoms with Crippen molar-refractivity contribution in [2.75, 3.05) is 13.1 Å². The molecule has 148 valence electrons. The highest BCUT2D eigenvalue weighted by Gasteiger charge is 2.19. The van der Waals surface area contributed by atoms with Crippen molar-refractivity contribution in [1.82, 2.24) is 10.2 Å². The van der Waals surface area contributed by atoms with Crippen LogP contribution in [0.2, 0.25) is 0 Å². The number of amides is 3. The number of carbonyl (C=O) groups excluding carboxylic acids is 3. The fraction of sp³-hybridized carbons (Fsp3) is 0.318. The molecule has 2 aromatic rings. The van der Waals surface area contributed by atoms with Crippen LogP contribution in [0.1, 0.15) is 63.3 Å². The molecule has 0 fully saturated rings. The van der Waals surface area contributed by atoms with Crippen LogP contribution in [0.25, 0.3) is 0 Å². The van der Waals surface area contributed by atoms with Crippen LogP contribution in [0.4, 0.5) is 0 Å². The Morgan fingerprint density at radius 2 is 1.46 bits per heavy atom. The maximum absolute atomic E-state index is 12.9. The van der Waals surface area contributed by atoms with Gasteiger partial charge in [0.25, 0.3) is 11.8 Å². The van der Waals surface area contributed by atoms with Gasteiger partial charge in [-0.05, 0) is 36.6 Å². The van der Waals surface area contributed by atoms with Gasteiger partial charge in [0.05, 0.1) is 0 Å². The molecule has 0 unspecified atom stereocenters. The zero-order chi connectivity index (χ0) is 20.5. The Balaban J connectivity index is 2.27. The molecule has 0 heterocycles. The molecule has 2 aromatic carbocycles. The monoisotopic (exact) mass is 381 g/mol. The van der Waals surface area contributed by atoms with Crippen molar-refractivity contribution in [2.45, 2.75) is 33.2 Å². The molecular formula is C22H27N3O3. The summed E-state index contributed by atoms with van der Waals surface area (Å²) in [5.74, 6) is -1.24. The van der Waals surface area contributed by atoms with E-state index in [9.17, 15) is 14.4 Å². The summed E-state index contributed by atoms with van der Waals surface area (Å²) in [4.78, 5) is 38.9. The molecule has 0 atom stereocenters. The van der Waals surface area contributed by atoms with Crippen LogP contribution >= 0.6 is 0 Å². The molecule has 0 aliphatic carbocycles. The summed E-state index contributed by atoms with van der Waals surface area (Å²) in [7, 11) is 0. The van der Waals surface area contributed by atoms with Gasteiger partial charge in [0.2, 0.25) is 5.91 Å². The summed E-state index contributed by atoms with van der Waals surface area (Å²) >= 11 is 0. The molecule has 0 aliphatic rings. The van der Waals surface area contributed by atoms with Gasteiger partial charge in [-0.1, -0.05) is 44.2 Å². The van der Waals surface area contributed by atoms with E-state index in [4.69, 9.17) is 5.73 Å². The molecule has 2 rings (SSSR count). The Bertz CT molecular complexity index is 828. The molecule has 0 saturated heterocycles.